The van der Waals surface area contributed by atoms with Crippen molar-refractivity contribution in [2.45, 2.75) is 24.8 Å². The van der Waals surface area contributed by atoms with Crippen LogP contribution in [0, 0.1) is 5.92 Å². The van der Waals surface area contributed by atoms with Crippen molar-refractivity contribution in [1.29, 1.82) is 0 Å². The molecule has 2 saturated heterocycles. The first-order chi connectivity index (χ1) is 15.4. The van der Waals surface area contributed by atoms with Gasteiger partial charge in [-0.25, -0.2) is 4.98 Å². The van der Waals surface area contributed by atoms with Crippen LogP contribution < -0.4 is 16.0 Å². The van der Waals surface area contributed by atoms with E-state index in [9.17, 15) is 19.2 Å². The fraction of sp³-hybridized carbons (Fsp3) is 0.409. The number of aromatic nitrogens is 2. The third-order valence-electron chi connectivity index (χ3n) is 6.58. The average molecular weight is 436 g/mol. The predicted octanol–water partition coefficient (Wildman–Crippen LogP) is 0.236. The van der Waals surface area contributed by atoms with Gasteiger partial charge >= 0.3 is 0 Å². The summed E-state index contributed by atoms with van der Waals surface area (Å²) in [6.07, 6.45) is 3.94. The van der Waals surface area contributed by atoms with Crippen molar-refractivity contribution in [1.82, 2.24) is 25.1 Å². The van der Waals surface area contributed by atoms with E-state index in [1.54, 1.807) is 24.5 Å². The van der Waals surface area contributed by atoms with Gasteiger partial charge in [0.25, 0.3) is 11.8 Å². The van der Waals surface area contributed by atoms with Crippen LogP contribution in [0.3, 0.4) is 0 Å². The Hall–Kier alpha value is -3.53. The number of piperidine rings is 1. The second-order valence-corrected chi connectivity index (χ2v) is 8.54. The van der Waals surface area contributed by atoms with E-state index in [4.69, 9.17) is 0 Å². The van der Waals surface area contributed by atoms with E-state index >= 15 is 0 Å². The highest BCUT2D eigenvalue weighted by molar-refractivity contribution is 6.23. The number of rotatable bonds is 5. The summed E-state index contributed by atoms with van der Waals surface area (Å²) in [5.74, 6) is -1.32. The SMILES string of the molecule is Cn1cncc1[C@@H]1CNC[C@H]1CNc1ccc2c(c1)C(=O)N(C1CCC(=O)NC1=O)C2=O. The summed E-state index contributed by atoms with van der Waals surface area (Å²) in [6.45, 7) is 2.44. The Morgan fingerprint density at radius 3 is 2.69 bits per heavy atom. The number of hydrogen-bond acceptors (Lipinski definition) is 7. The molecule has 1 aromatic carbocycles. The maximum atomic E-state index is 13.0. The maximum absolute atomic E-state index is 13.0. The molecule has 10 heteroatoms. The van der Waals surface area contributed by atoms with Crippen LogP contribution in [0.15, 0.2) is 30.7 Å². The third-order valence-corrected chi connectivity index (χ3v) is 6.58. The molecule has 10 nitrogen and oxygen atoms in total. The zero-order valence-corrected chi connectivity index (χ0v) is 17.6. The topological polar surface area (TPSA) is 125 Å². The van der Waals surface area contributed by atoms with Crippen LogP contribution in [0.1, 0.15) is 45.2 Å². The van der Waals surface area contributed by atoms with Gasteiger partial charge in [-0.1, -0.05) is 0 Å². The van der Waals surface area contributed by atoms with Crippen molar-refractivity contribution in [3.05, 3.63) is 47.5 Å². The number of imide groups is 2. The first-order valence-corrected chi connectivity index (χ1v) is 10.7. The molecule has 2 aromatic rings. The summed E-state index contributed by atoms with van der Waals surface area (Å²) in [6, 6.07) is 4.11. The Balaban J connectivity index is 1.30. The van der Waals surface area contributed by atoms with Crippen LogP contribution >= 0.6 is 0 Å². The van der Waals surface area contributed by atoms with Gasteiger partial charge < -0.3 is 15.2 Å². The summed E-state index contributed by atoms with van der Waals surface area (Å²) >= 11 is 0. The van der Waals surface area contributed by atoms with Gasteiger partial charge in [0.1, 0.15) is 6.04 Å². The largest absolute Gasteiger partial charge is 0.385 e. The lowest BCUT2D eigenvalue weighted by atomic mass is 9.93. The number of benzene rings is 1. The Morgan fingerprint density at radius 2 is 1.94 bits per heavy atom. The number of nitrogens with one attached hydrogen (secondary N) is 3. The van der Waals surface area contributed by atoms with E-state index in [1.807, 2.05) is 17.8 Å². The van der Waals surface area contributed by atoms with Gasteiger partial charge in [0.15, 0.2) is 0 Å². The second kappa shape index (κ2) is 7.86. The summed E-state index contributed by atoms with van der Waals surface area (Å²) in [7, 11) is 1.99. The molecule has 4 heterocycles. The molecule has 1 unspecified atom stereocenters. The van der Waals surface area contributed by atoms with Crippen molar-refractivity contribution in [2.75, 3.05) is 25.0 Å². The Labute approximate surface area is 184 Å². The van der Waals surface area contributed by atoms with Crippen LogP contribution in [0.4, 0.5) is 5.69 Å². The fourth-order valence-electron chi connectivity index (χ4n) is 4.85. The van der Waals surface area contributed by atoms with Gasteiger partial charge in [-0.15, -0.1) is 0 Å². The summed E-state index contributed by atoms with van der Waals surface area (Å²) in [5, 5.41) is 9.03. The smallest absolute Gasteiger partial charge is 0.262 e. The van der Waals surface area contributed by atoms with E-state index < -0.39 is 23.8 Å². The highest BCUT2D eigenvalue weighted by atomic mass is 16.2. The third kappa shape index (κ3) is 3.36. The average Bonchev–Trinajstić information content (AvgIpc) is 3.46. The minimum Gasteiger partial charge on any atom is -0.385 e. The molecule has 32 heavy (non-hydrogen) atoms. The predicted molar refractivity (Wildman–Crippen MR) is 114 cm³/mol. The molecule has 3 aliphatic rings. The molecular formula is C22H24N6O4. The zero-order valence-electron chi connectivity index (χ0n) is 17.6. The van der Waals surface area contributed by atoms with Crippen molar-refractivity contribution in [3.8, 4) is 0 Å². The number of carbonyl (C=O) groups excluding carboxylic acids is 4. The lowest BCUT2D eigenvalue weighted by Crippen LogP contribution is -2.54. The van der Waals surface area contributed by atoms with E-state index in [0.29, 0.717) is 18.4 Å². The molecule has 166 valence electrons. The molecule has 4 amide bonds. The van der Waals surface area contributed by atoms with Crippen molar-refractivity contribution < 1.29 is 19.2 Å². The molecule has 3 atom stereocenters. The van der Waals surface area contributed by atoms with Crippen LogP contribution in [-0.4, -0.2) is 63.8 Å². The highest BCUT2D eigenvalue weighted by Gasteiger charge is 2.44. The van der Waals surface area contributed by atoms with E-state index in [0.717, 1.165) is 23.7 Å². The molecule has 0 radical (unpaired) electrons. The van der Waals surface area contributed by atoms with Gasteiger partial charge in [-0.05, 0) is 30.5 Å². The number of hydrogen-bond donors (Lipinski definition) is 3. The number of aryl methyl sites for hydroxylation is 1. The standard InChI is InChI=1S/C22H24N6O4/c1-27-11-24-10-18(27)16-9-23-7-12(16)8-25-13-2-3-14-15(6-13)22(32)28(21(14)31)17-4-5-19(29)26-20(17)30/h2-3,6,10-12,16-17,23,25H,4-5,7-9H2,1H3,(H,26,29,30)/t12-,16+,17?/m0/s1. The van der Waals surface area contributed by atoms with E-state index in [-0.39, 0.29) is 29.9 Å². The first kappa shape index (κ1) is 20.4. The lowest BCUT2D eigenvalue weighted by Gasteiger charge is -2.27. The molecule has 5 rings (SSSR count). The van der Waals surface area contributed by atoms with Crippen molar-refractivity contribution >= 4 is 29.3 Å². The highest BCUT2D eigenvalue weighted by Crippen LogP contribution is 2.31. The second-order valence-electron chi connectivity index (χ2n) is 8.54. The number of anilines is 1. The molecule has 0 bridgehead atoms. The summed E-state index contributed by atoms with van der Waals surface area (Å²) < 4.78 is 2.04. The van der Waals surface area contributed by atoms with E-state index in [2.05, 4.69) is 20.9 Å². The zero-order chi connectivity index (χ0) is 22.4. The molecule has 0 aliphatic carbocycles. The molecule has 3 aliphatic heterocycles. The Morgan fingerprint density at radius 1 is 1.12 bits per heavy atom. The molecule has 1 aromatic heterocycles. The normalized spacial score (nSPS) is 25.3. The van der Waals surface area contributed by atoms with Crippen molar-refractivity contribution in [2.24, 2.45) is 13.0 Å². The molecule has 3 N–H and O–H groups in total. The number of fused-ring (bicyclic) bond motifs is 1. The molecular weight excluding hydrogens is 412 g/mol. The number of carbonyl (C=O) groups is 4. The monoisotopic (exact) mass is 436 g/mol. The quantitative estimate of drug-likeness (QED) is 0.573. The lowest BCUT2D eigenvalue weighted by molar-refractivity contribution is -0.136. The van der Waals surface area contributed by atoms with Crippen LogP contribution in [0.5, 0.6) is 0 Å². The van der Waals surface area contributed by atoms with Crippen LogP contribution in [-0.2, 0) is 16.6 Å². The summed E-state index contributed by atoms with van der Waals surface area (Å²) in [5.41, 5.74) is 2.47. The van der Waals surface area contributed by atoms with Gasteiger partial charge in [0.05, 0.1) is 17.5 Å². The van der Waals surface area contributed by atoms with E-state index in [1.165, 1.54) is 5.69 Å². The number of nitrogens with zero attached hydrogens (tertiary/aromatic N) is 3. The Bertz CT molecular complexity index is 1130. The van der Waals surface area contributed by atoms with Crippen LogP contribution in [0.2, 0.25) is 0 Å². The minimum atomic E-state index is -0.958. The number of amides is 4. The molecule has 2 fully saturated rings. The molecule has 0 spiro atoms. The van der Waals surface area contributed by atoms with Crippen LogP contribution in [0.25, 0.3) is 0 Å². The maximum Gasteiger partial charge on any atom is 0.262 e. The number of imidazole rings is 1. The molecule has 0 saturated carbocycles. The van der Waals surface area contributed by atoms with Gasteiger partial charge in [0.2, 0.25) is 11.8 Å². The van der Waals surface area contributed by atoms with Gasteiger partial charge in [-0.3, -0.25) is 29.4 Å². The minimum absolute atomic E-state index is 0.101. The Kier molecular flexibility index (Phi) is 5.01. The summed E-state index contributed by atoms with van der Waals surface area (Å²) in [4.78, 5) is 54.6. The fourth-order valence-corrected chi connectivity index (χ4v) is 4.85. The van der Waals surface area contributed by atoms with Gasteiger partial charge in [0, 0.05) is 56.6 Å². The van der Waals surface area contributed by atoms with Gasteiger partial charge in [-0.2, -0.15) is 0 Å². The first-order valence-electron chi connectivity index (χ1n) is 10.7. The van der Waals surface area contributed by atoms with Crippen molar-refractivity contribution in [3.63, 3.8) is 0 Å².